The van der Waals surface area contributed by atoms with E-state index in [2.05, 4.69) is 5.32 Å². The third-order valence-electron chi connectivity index (χ3n) is 2.49. The molecule has 4 N–H and O–H groups in total. The molecule has 0 saturated heterocycles. The van der Waals surface area contributed by atoms with Gasteiger partial charge in [-0.15, -0.1) is 0 Å². The van der Waals surface area contributed by atoms with E-state index >= 15 is 0 Å². The van der Waals surface area contributed by atoms with Crippen LogP contribution in [0.25, 0.3) is 0 Å². The average molecular weight is 240 g/mol. The van der Waals surface area contributed by atoms with Crippen LogP contribution in [0.2, 0.25) is 0 Å². The number of amides is 1. The van der Waals surface area contributed by atoms with Crippen molar-refractivity contribution >= 4 is 11.6 Å². The van der Waals surface area contributed by atoms with Gasteiger partial charge in [-0.2, -0.15) is 0 Å². The van der Waals surface area contributed by atoms with Gasteiger partial charge in [-0.3, -0.25) is 4.79 Å². The van der Waals surface area contributed by atoms with Gasteiger partial charge in [0, 0.05) is 11.8 Å². The molecular formula is C12H17FN2O2. The number of carbonyl (C=O) groups is 1. The summed E-state index contributed by atoms with van der Waals surface area (Å²) in [5.41, 5.74) is 5.12. The minimum atomic E-state index is -0.983. The number of rotatable bonds is 4. The van der Waals surface area contributed by atoms with Crippen molar-refractivity contribution in [3.63, 3.8) is 0 Å². The second-order valence-electron chi connectivity index (χ2n) is 4.29. The summed E-state index contributed by atoms with van der Waals surface area (Å²) < 4.78 is 13.0. The topological polar surface area (TPSA) is 75.4 Å². The summed E-state index contributed by atoms with van der Waals surface area (Å²) in [7, 11) is 0. The molecule has 1 unspecified atom stereocenters. The molecule has 94 valence electrons. The first-order valence-corrected chi connectivity index (χ1v) is 5.45. The van der Waals surface area contributed by atoms with Gasteiger partial charge in [0.2, 0.25) is 5.91 Å². The molecule has 0 saturated carbocycles. The van der Waals surface area contributed by atoms with Gasteiger partial charge in [-0.05, 0) is 25.5 Å². The Hall–Kier alpha value is -1.62. The monoisotopic (exact) mass is 240 g/mol. The number of nitrogens with one attached hydrogen (secondary N) is 1. The van der Waals surface area contributed by atoms with Crippen LogP contribution in [0.5, 0.6) is 5.75 Å². The number of nitrogens with two attached hydrogens (primary N) is 1. The van der Waals surface area contributed by atoms with Gasteiger partial charge in [0.05, 0.1) is 5.54 Å². The van der Waals surface area contributed by atoms with Crippen molar-refractivity contribution in [2.24, 2.45) is 5.73 Å². The quantitative estimate of drug-likeness (QED) is 0.704. The molecule has 1 rings (SSSR count). The Bertz CT molecular complexity index is 419. The third kappa shape index (κ3) is 3.42. The Balaban J connectivity index is 2.77. The molecular weight excluding hydrogens is 223 g/mol. The number of aromatic hydroxyl groups is 1. The van der Waals surface area contributed by atoms with Crippen LogP contribution in [0, 0.1) is 5.82 Å². The summed E-state index contributed by atoms with van der Waals surface area (Å²) in [6.45, 7) is 3.56. The minimum Gasteiger partial charge on any atom is -0.505 e. The summed E-state index contributed by atoms with van der Waals surface area (Å²) in [4.78, 5) is 11.8. The first-order valence-electron chi connectivity index (χ1n) is 5.45. The standard InChI is InChI=1S/C12H17FN2O2/c1-3-6-12(2,14)11(17)15-8-4-5-10(16)9(13)7-8/h4-5,7,16H,3,6,14H2,1-2H3,(H,15,17). The van der Waals surface area contributed by atoms with Crippen LogP contribution in [0.15, 0.2) is 18.2 Å². The number of phenolic OH excluding ortho intramolecular Hbond substituents is 1. The molecule has 4 nitrogen and oxygen atoms in total. The molecule has 0 spiro atoms. The molecule has 0 aliphatic rings. The molecule has 0 radical (unpaired) electrons. The van der Waals surface area contributed by atoms with Crippen LogP contribution in [0.4, 0.5) is 10.1 Å². The maximum Gasteiger partial charge on any atom is 0.244 e. The van der Waals surface area contributed by atoms with Gasteiger partial charge in [-0.1, -0.05) is 13.3 Å². The van der Waals surface area contributed by atoms with Crippen molar-refractivity contribution in [3.8, 4) is 5.75 Å². The first-order chi connectivity index (χ1) is 7.86. The van der Waals surface area contributed by atoms with E-state index in [0.29, 0.717) is 6.42 Å². The molecule has 1 atom stereocenters. The summed E-state index contributed by atoms with van der Waals surface area (Å²) >= 11 is 0. The Morgan fingerprint density at radius 2 is 2.24 bits per heavy atom. The molecule has 0 fully saturated rings. The molecule has 0 aliphatic carbocycles. The van der Waals surface area contributed by atoms with Crippen LogP contribution in [0.3, 0.4) is 0 Å². The van der Waals surface area contributed by atoms with E-state index in [1.165, 1.54) is 12.1 Å². The van der Waals surface area contributed by atoms with E-state index in [9.17, 15) is 9.18 Å². The van der Waals surface area contributed by atoms with Gasteiger partial charge >= 0.3 is 0 Å². The van der Waals surface area contributed by atoms with Crippen molar-refractivity contribution in [2.45, 2.75) is 32.2 Å². The second-order valence-corrected chi connectivity index (χ2v) is 4.29. The zero-order valence-electron chi connectivity index (χ0n) is 9.96. The van der Waals surface area contributed by atoms with Gasteiger partial charge in [0.1, 0.15) is 0 Å². The van der Waals surface area contributed by atoms with Crippen molar-refractivity contribution in [2.75, 3.05) is 5.32 Å². The molecule has 5 heteroatoms. The van der Waals surface area contributed by atoms with E-state index in [1.54, 1.807) is 6.92 Å². The van der Waals surface area contributed by atoms with Gasteiger partial charge in [0.25, 0.3) is 0 Å². The normalized spacial score (nSPS) is 14.1. The molecule has 0 aromatic heterocycles. The molecule has 0 aliphatic heterocycles. The molecule has 1 aromatic carbocycles. The van der Waals surface area contributed by atoms with Crippen LogP contribution in [-0.2, 0) is 4.79 Å². The van der Waals surface area contributed by atoms with Crippen molar-refractivity contribution < 1.29 is 14.3 Å². The fourth-order valence-electron chi connectivity index (χ4n) is 1.49. The highest BCUT2D eigenvalue weighted by molar-refractivity contribution is 5.97. The lowest BCUT2D eigenvalue weighted by Crippen LogP contribution is -2.48. The molecule has 0 bridgehead atoms. The van der Waals surface area contributed by atoms with E-state index in [0.717, 1.165) is 12.5 Å². The van der Waals surface area contributed by atoms with E-state index in [1.807, 2.05) is 6.92 Å². The Morgan fingerprint density at radius 3 is 2.76 bits per heavy atom. The smallest absolute Gasteiger partial charge is 0.244 e. The van der Waals surface area contributed by atoms with Crippen molar-refractivity contribution in [1.82, 2.24) is 0 Å². The number of hydrogen-bond donors (Lipinski definition) is 3. The molecule has 17 heavy (non-hydrogen) atoms. The predicted molar refractivity (Wildman–Crippen MR) is 64.2 cm³/mol. The van der Waals surface area contributed by atoms with E-state index in [4.69, 9.17) is 10.8 Å². The summed E-state index contributed by atoms with van der Waals surface area (Å²) in [6.07, 6.45) is 1.32. The first kappa shape index (κ1) is 13.4. The van der Waals surface area contributed by atoms with Crippen LogP contribution < -0.4 is 11.1 Å². The lowest BCUT2D eigenvalue weighted by atomic mass is 9.96. The lowest BCUT2D eigenvalue weighted by Gasteiger charge is -2.22. The van der Waals surface area contributed by atoms with E-state index < -0.39 is 17.1 Å². The number of carbonyl (C=O) groups excluding carboxylic acids is 1. The number of anilines is 1. The lowest BCUT2D eigenvalue weighted by molar-refractivity contribution is -0.120. The van der Waals surface area contributed by atoms with Crippen LogP contribution in [-0.4, -0.2) is 16.6 Å². The average Bonchev–Trinajstić information content (AvgIpc) is 2.23. The number of halogens is 1. The molecule has 1 aromatic rings. The molecule has 1 amide bonds. The highest BCUT2D eigenvalue weighted by Gasteiger charge is 2.27. The van der Waals surface area contributed by atoms with Crippen molar-refractivity contribution in [1.29, 1.82) is 0 Å². The molecule has 0 heterocycles. The summed E-state index contributed by atoms with van der Waals surface area (Å²) in [5.74, 6) is -1.60. The summed E-state index contributed by atoms with van der Waals surface area (Å²) in [5, 5.41) is 11.5. The maximum atomic E-state index is 13.0. The largest absolute Gasteiger partial charge is 0.505 e. The Kier molecular flexibility index (Phi) is 4.07. The number of phenols is 1. The maximum absolute atomic E-state index is 13.0. The zero-order chi connectivity index (χ0) is 13.1. The highest BCUT2D eigenvalue weighted by atomic mass is 19.1. The third-order valence-corrected chi connectivity index (χ3v) is 2.49. The van der Waals surface area contributed by atoms with E-state index in [-0.39, 0.29) is 11.6 Å². The predicted octanol–water partition coefficient (Wildman–Crippen LogP) is 1.99. The fourth-order valence-corrected chi connectivity index (χ4v) is 1.49. The van der Waals surface area contributed by atoms with Crippen molar-refractivity contribution in [3.05, 3.63) is 24.0 Å². The van der Waals surface area contributed by atoms with Crippen LogP contribution in [0.1, 0.15) is 26.7 Å². The Labute approximate surface area is 99.6 Å². The minimum absolute atomic E-state index is 0.276. The number of benzene rings is 1. The SMILES string of the molecule is CCCC(C)(N)C(=O)Nc1ccc(O)c(F)c1. The van der Waals surface area contributed by atoms with Gasteiger partial charge < -0.3 is 16.2 Å². The second kappa shape index (κ2) is 5.14. The Morgan fingerprint density at radius 1 is 1.59 bits per heavy atom. The summed E-state index contributed by atoms with van der Waals surface area (Å²) in [6, 6.07) is 3.65. The van der Waals surface area contributed by atoms with Gasteiger partial charge in [0.15, 0.2) is 11.6 Å². The van der Waals surface area contributed by atoms with Gasteiger partial charge in [-0.25, -0.2) is 4.39 Å². The zero-order valence-corrected chi connectivity index (χ0v) is 9.96. The van der Waals surface area contributed by atoms with Crippen LogP contribution >= 0.6 is 0 Å². The number of hydrogen-bond acceptors (Lipinski definition) is 3. The highest BCUT2D eigenvalue weighted by Crippen LogP contribution is 2.20. The fraction of sp³-hybridized carbons (Fsp3) is 0.417.